The van der Waals surface area contributed by atoms with Crippen LogP contribution in [0.3, 0.4) is 0 Å². The maximum absolute atomic E-state index is 12.1. The molecule has 1 unspecified atom stereocenters. The van der Waals surface area contributed by atoms with Crippen LogP contribution < -0.4 is 0 Å². The predicted octanol–water partition coefficient (Wildman–Crippen LogP) is 10.5. The van der Waals surface area contributed by atoms with Crippen LogP contribution >= 0.6 is 0 Å². The molecule has 0 aromatic carbocycles. The Morgan fingerprint density at radius 2 is 0.842 bits per heavy atom. The fourth-order valence-corrected chi connectivity index (χ4v) is 5.03. The highest BCUT2D eigenvalue weighted by Crippen LogP contribution is 2.24. The fourth-order valence-electron chi connectivity index (χ4n) is 5.03. The Kier molecular flexibility index (Phi) is 25.4. The van der Waals surface area contributed by atoms with E-state index in [1.165, 1.54) is 70.6 Å². The maximum Gasteiger partial charge on any atom is 0.305 e. The summed E-state index contributed by atoms with van der Waals surface area (Å²) in [5, 5.41) is 0. The van der Waals surface area contributed by atoms with E-state index in [9.17, 15) is 9.59 Å². The van der Waals surface area contributed by atoms with Gasteiger partial charge in [0.1, 0.15) is 0 Å². The molecule has 4 nitrogen and oxygen atoms in total. The minimum absolute atomic E-state index is 0.00681. The summed E-state index contributed by atoms with van der Waals surface area (Å²) < 4.78 is 10.8. The average Bonchev–Trinajstić information content (AvgIpc) is 2.85. The molecule has 0 fully saturated rings. The molecule has 0 spiro atoms. The van der Waals surface area contributed by atoms with Crippen LogP contribution in [0.15, 0.2) is 0 Å². The van der Waals surface area contributed by atoms with Crippen molar-refractivity contribution in [1.82, 2.24) is 0 Å². The molecule has 0 radical (unpaired) electrons. The van der Waals surface area contributed by atoms with Crippen molar-refractivity contribution < 1.29 is 19.1 Å². The van der Waals surface area contributed by atoms with Gasteiger partial charge in [-0.05, 0) is 62.2 Å². The Morgan fingerprint density at radius 1 is 0.447 bits per heavy atom. The minimum Gasteiger partial charge on any atom is -0.466 e. The number of esters is 2. The standard InChI is InChI=1S/C34H66O4/c1-29(2)21-17-19-27-37-33(35)24-16-14-12-10-8-7-9-11-13-15-23-32(31(5)6)25-26-34(36)38-28-20-18-22-30(3)4/h29-32H,7-28H2,1-6H3. The minimum atomic E-state index is -0.0123. The van der Waals surface area contributed by atoms with Crippen LogP contribution in [0.25, 0.3) is 0 Å². The Hall–Kier alpha value is -1.06. The summed E-state index contributed by atoms with van der Waals surface area (Å²) in [6.45, 7) is 14.7. The van der Waals surface area contributed by atoms with Gasteiger partial charge in [-0.1, -0.05) is 119 Å². The summed E-state index contributed by atoms with van der Waals surface area (Å²) in [6.07, 6.45) is 22.6. The zero-order valence-corrected chi connectivity index (χ0v) is 26.5. The molecule has 226 valence electrons. The Morgan fingerprint density at radius 3 is 1.29 bits per heavy atom. The summed E-state index contributed by atoms with van der Waals surface area (Å²) >= 11 is 0. The predicted molar refractivity (Wildman–Crippen MR) is 162 cm³/mol. The van der Waals surface area contributed by atoms with Crippen LogP contribution in [0, 0.1) is 23.7 Å². The number of carbonyl (C=O) groups is 2. The van der Waals surface area contributed by atoms with Gasteiger partial charge in [0, 0.05) is 12.8 Å². The van der Waals surface area contributed by atoms with Crippen LogP contribution in [0.1, 0.15) is 170 Å². The zero-order valence-electron chi connectivity index (χ0n) is 26.5. The molecule has 0 aliphatic heterocycles. The molecule has 1 atom stereocenters. The van der Waals surface area contributed by atoms with E-state index in [1.54, 1.807) is 0 Å². The van der Waals surface area contributed by atoms with Crippen LogP contribution in [0.4, 0.5) is 0 Å². The van der Waals surface area contributed by atoms with Gasteiger partial charge in [0.25, 0.3) is 0 Å². The van der Waals surface area contributed by atoms with Crippen molar-refractivity contribution in [3.63, 3.8) is 0 Å². The van der Waals surface area contributed by atoms with Gasteiger partial charge in [-0.3, -0.25) is 9.59 Å². The van der Waals surface area contributed by atoms with E-state index in [0.717, 1.165) is 56.8 Å². The highest BCUT2D eigenvalue weighted by molar-refractivity contribution is 5.69. The average molecular weight is 539 g/mol. The first-order valence-corrected chi connectivity index (χ1v) is 16.5. The first-order valence-electron chi connectivity index (χ1n) is 16.5. The molecule has 0 aliphatic rings. The van der Waals surface area contributed by atoms with Crippen molar-refractivity contribution in [2.24, 2.45) is 23.7 Å². The van der Waals surface area contributed by atoms with E-state index in [1.807, 2.05) is 0 Å². The number of hydrogen-bond donors (Lipinski definition) is 0. The molecule has 0 heterocycles. The van der Waals surface area contributed by atoms with Crippen molar-refractivity contribution in [2.75, 3.05) is 13.2 Å². The Labute approximate surface area is 237 Å². The molecule has 0 rings (SSSR count). The molecule has 0 aromatic heterocycles. The van der Waals surface area contributed by atoms with Crippen LogP contribution in [0.2, 0.25) is 0 Å². The largest absolute Gasteiger partial charge is 0.466 e. The summed E-state index contributed by atoms with van der Waals surface area (Å²) in [5.41, 5.74) is 0. The molecule has 0 aromatic rings. The molecule has 0 amide bonds. The molecule has 0 N–H and O–H groups in total. The SMILES string of the molecule is CC(C)CCCCOC(=O)CCCCCCCCCCCCC(CCC(=O)OCCCCC(C)C)C(C)C. The normalized spacial score (nSPS) is 12.4. The lowest BCUT2D eigenvalue weighted by Gasteiger charge is -2.20. The molecule has 4 heteroatoms. The second kappa shape index (κ2) is 26.2. The van der Waals surface area contributed by atoms with Crippen LogP contribution in [-0.2, 0) is 19.1 Å². The Bertz CT molecular complexity index is 541. The summed E-state index contributed by atoms with van der Waals surface area (Å²) in [7, 11) is 0. The number of hydrogen-bond acceptors (Lipinski definition) is 4. The van der Waals surface area contributed by atoms with Crippen molar-refractivity contribution in [3.8, 4) is 0 Å². The third-order valence-electron chi connectivity index (χ3n) is 7.75. The lowest BCUT2D eigenvalue weighted by Crippen LogP contribution is -2.13. The lowest BCUT2D eigenvalue weighted by molar-refractivity contribution is -0.145. The van der Waals surface area contributed by atoms with Gasteiger partial charge in [-0.15, -0.1) is 0 Å². The van der Waals surface area contributed by atoms with E-state index in [4.69, 9.17) is 9.47 Å². The number of ether oxygens (including phenoxy) is 2. The second-order valence-electron chi connectivity index (χ2n) is 12.8. The molecule has 0 bridgehead atoms. The molecule has 0 saturated heterocycles. The van der Waals surface area contributed by atoms with Crippen molar-refractivity contribution in [3.05, 3.63) is 0 Å². The van der Waals surface area contributed by atoms with E-state index < -0.39 is 0 Å². The van der Waals surface area contributed by atoms with E-state index >= 15 is 0 Å². The second-order valence-corrected chi connectivity index (χ2v) is 12.8. The molecule has 0 saturated carbocycles. The maximum atomic E-state index is 12.1. The van der Waals surface area contributed by atoms with Gasteiger partial charge in [0.05, 0.1) is 13.2 Å². The molecule has 0 aliphatic carbocycles. The zero-order chi connectivity index (χ0) is 28.4. The van der Waals surface area contributed by atoms with Crippen LogP contribution in [-0.4, -0.2) is 25.2 Å². The molecular formula is C34H66O4. The summed E-state index contributed by atoms with van der Waals surface area (Å²) in [4.78, 5) is 23.9. The van der Waals surface area contributed by atoms with Crippen LogP contribution in [0.5, 0.6) is 0 Å². The lowest BCUT2D eigenvalue weighted by atomic mass is 9.86. The van der Waals surface area contributed by atoms with Gasteiger partial charge in [0.15, 0.2) is 0 Å². The monoisotopic (exact) mass is 538 g/mol. The van der Waals surface area contributed by atoms with Crippen molar-refractivity contribution in [2.45, 2.75) is 170 Å². The molecular weight excluding hydrogens is 472 g/mol. The smallest absolute Gasteiger partial charge is 0.305 e. The number of carbonyl (C=O) groups excluding carboxylic acids is 2. The van der Waals surface area contributed by atoms with Gasteiger partial charge in [-0.25, -0.2) is 0 Å². The number of unbranched alkanes of at least 4 members (excludes halogenated alkanes) is 11. The summed E-state index contributed by atoms with van der Waals surface area (Å²) in [6, 6.07) is 0. The quantitative estimate of drug-likeness (QED) is 0.0771. The van der Waals surface area contributed by atoms with Crippen molar-refractivity contribution >= 4 is 11.9 Å². The fraction of sp³-hybridized carbons (Fsp3) is 0.941. The van der Waals surface area contributed by atoms with E-state index in [2.05, 4.69) is 41.5 Å². The first kappa shape index (κ1) is 36.9. The first-order chi connectivity index (χ1) is 18.2. The van der Waals surface area contributed by atoms with Gasteiger partial charge in [-0.2, -0.15) is 0 Å². The van der Waals surface area contributed by atoms with E-state index in [0.29, 0.717) is 37.9 Å². The third kappa shape index (κ3) is 26.5. The molecule has 38 heavy (non-hydrogen) atoms. The highest BCUT2D eigenvalue weighted by atomic mass is 16.5. The number of rotatable bonds is 27. The van der Waals surface area contributed by atoms with Gasteiger partial charge >= 0.3 is 11.9 Å². The topological polar surface area (TPSA) is 52.6 Å². The van der Waals surface area contributed by atoms with Crippen molar-refractivity contribution in [1.29, 1.82) is 0 Å². The third-order valence-corrected chi connectivity index (χ3v) is 7.75. The van der Waals surface area contributed by atoms with E-state index in [-0.39, 0.29) is 11.9 Å². The van der Waals surface area contributed by atoms with Gasteiger partial charge < -0.3 is 9.47 Å². The highest BCUT2D eigenvalue weighted by Gasteiger charge is 2.15. The Balaban J connectivity index is 3.56. The van der Waals surface area contributed by atoms with Gasteiger partial charge in [0.2, 0.25) is 0 Å². The summed E-state index contributed by atoms with van der Waals surface area (Å²) in [5.74, 6) is 2.70.